The number of rotatable bonds is 7. The predicted molar refractivity (Wildman–Crippen MR) is 192 cm³/mol. The number of amides is 1. The van der Waals surface area contributed by atoms with E-state index in [0.717, 1.165) is 55.8 Å². The third kappa shape index (κ3) is 5.80. The Labute approximate surface area is 289 Å². The number of para-hydroxylation sites is 1. The maximum atomic E-state index is 13.8. The molecule has 8 rings (SSSR count). The zero-order chi connectivity index (χ0) is 33.6. The molecule has 0 saturated carbocycles. The van der Waals surface area contributed by atoms with Crippen LogP contribution in [0.5, 0.6) is 0 Å². The Morgan fingerprint density at radius 1 is 1.04 bits per heavy atom. The first kappa shape index (κ1) is 31.7. The maximum Gasteiger partial charge on any atom is 0.344 e. The van der Waals surface area contributed by atoms with Gasteiger partial charge in [-0.3, -0.25) is 14.6 Å². The van der Waals surface area contributed by atoms with Gasteiger partial charge in [-0.1, -0.05) is 42.5 Å². The van der Waals surface area contributed by atoms with Crippen LogP contribution in [0.1, 0.15) is 53.3 Å². The summed E-state index contributed by atoms with van der Waals surface area (Å²) >= 11 is 1.47. The van der Waals surface area contributed by atoms with Gasteiger partial charge in [0.15, 0.2) is 5.78 Å². The quantitative estimate of drug-likeness (QED) is 0.222. The summed E-state index contributed by atoms with van der Waals surface area (Å²) in [4.78, 5) is 52.9. The Morgan fingerprint density at radius 3 is 2.63 bits per heavy atom. The zero-order valence-corrected chi connectivity index (χ0v) is 28.2. The summed E-state index contributed by atoms with van der Waals surface area (Å²) in [5, 5.41) is 3.96. The van der Waals surface area contributed by atoms with Gasteiger partial charge in [-0.15, -0.1) is 11.8 Å². The number of hydrogen-bond donors (Lipinski definition) is 1. The lowest BCUT2D eigenvalue weighted by Crippen LogP contribution is -2.59. The molecule has 1 aliphatic carbocycles. The molecule has 2 spiro atoms. The molecule has 49 heavy (non-hydrogen) atoms. The van der Waals surface area contributed by atoms with Crippen molar-refractivity contribution in [3.05, 3.63) is 101 Å². The first-order valence-electron chi connectivity index (χ1n) is 17.1. The molecular weight excluding hydrogens is 637 g/mol. The lowest BCUT2D eigenvalue weighted by molar-refractivity contribution is -0.137. The fourth-order valence-corrected chi connectivity index (χ4v) is 9.18. The number of pyridine rings is 1. The van der Waals surface area contributed by atoms with Crippen molar-refractivity contribution < 1.29 is 23.9 Å². The summed E-state index contributed by atoms with van der Waals surface area (Å²) in [6, 6.07) is 16.3. The second kappa shape index (κ2) is 12.7. The summed E-state index contributed by atoms with van der Waals surface area (Å²) in [6.45, 7) is 5.41. The van der Waals surface area contributed by atoms with Crippen molar-refractivity contribution in [1.82, 2.24) is 4.98 Å². The summed E-state index contributed by atoms with van der Waals surface area (Å²) < 4.78 is 10.4. The van der Waals surface area contributed by atoms with E-state index in [9.17, 15) is 14.4 Å². The number of nitrogens with zero attached hydrogens (tertiary/aromatic N) is 3. The maximum absolute atomic E-state index is 13.8. The van der Waals surface area contributed by atoms with Crippen molar-refractivity contribution in [3.63, 3.8) is 0 Å². The highest BCUT2D eigenvalue weighted by Crippen LogP contribution is 2.53. The number of aromatic nitrogens is 1. The number of ether oxygens (including phenoxy) is 2. The van der Waals surface area contributed by atoms with Gasteiger partial charge in [-0.2, -0.15) is 0 Å². The Kier molecular flexibility index (Phi) is 8.24. The van der Waals surface area contributed by atoms with Gasteiger partial charge in [0.25, 0.3) is 5.91 Å². The molecule has 3 unspecified atom stereocenters. The molecule has 2 fully saturated rings. The van der Waals surface area contributed by atoms with Gasteiger partial charge >= 0.3 is 5.97 Å². The van der Waals surface area contributed by atoms with Gasteiger partial charge in [-0.25, -0.2) is 9.78 Å². The second-order valence-electron chi connectivity index (χ2n) is 13.5. The number of carbonyl (C=O) groups is 3. The number of allylic oxidation sites excluding steroid dienone is 4. The Bertz CT molecular complexity index is 1950. The monoisotopic (exact) mass is 674 g/mol. The number of benzene rings is 2. The minimum atomic E-state index is -0.545. The fourth-order valence-electron chi connectivity index (χ4n) is 7.73. The van der Waals surface area contributed by atoms with Crippen molar-refractivity contribution in [2.24, 2.45) is 16.3 Å². The number of fused-ring (bicyclic) bond motifs is 1. The van der Waals surface area contributed by atoms with Crippen molar-refractivity contribution in [2.75, 3.05) is 43.1 Å². The SMILES string of the molecule is CCOC(=O)C1=CC2CCC(C(=O)c3ccc(NC(=O)c4cc5ccccc5nc4N4CC5(CCOCC5)C4)cc3)N=C3C=CC=CC32S1. The first-order chi connectivity index (χ1) is 23.9. The number of Topliss-reactive ketones (excluding diaryl/α,β-unsaturated/α-hetero) is 1. The molecule has 2 saturated heterocycles. The summed E-state index contributed by atoms with van der Waals surface area (Å²) in [5.41, 5.74) is 3.55. The molecule has 5 heterocycles. The van der Waals surface area contributed by atoms with Crippen LogP contribution in [0.2, 0.25) is 0 Å². The van der Waals surface area contributed by atoms with Gasteiger partial charge in [0.05, 0.1) is 33.1 Å². The average Bonchev–Trinajstić information content (AvgIpc) is 3.39. The average molecular weight is 675 g/mol. The molecule has 10 heteroatoms. The molecule has 5 aliphatic rings. The van der Waals surface area contributed by atoms with Crippen LogP contribution in [0.25, 0.3) is 10.9 Å². The Morgan fingerprint density at radius 2 is 1.84 bits per heavy atom. The Hall–Kier alpha value is -4.54. The van der Waals surface area contributed by atoms with Gasteiger partial charge < -0.3 is 19.7 Å². The van der Waals surface area contributed by atoms with Crippen molar-refractivity contribution in [3.8, 4) is 0 Å². The third-order valence-corrected chi connectivity index (χ3v) is 11.9. The molecule has 0 bridgehead atoms. The second-order valence-corrected chi connectivity index (χ2v) is 14.8. The van der Waals surface area contributed by atoms with E-state index in [-0.39, 0.29) is 29.0 Å². The van der Waals surface area contributed by atoms with Gasteiger partial charge in [-0.05, 0) is 75.1 Å². The number of hydrogen-bond acceptors (Lipinski definition) is 9. The number of ketones is 1. The standard InChI is InChI=1S/C39H38N4O5S/c1-2-48-37(46)32-22-27-12-15-31(41-33-9-5-6-16-39(27,33)49-32)34(44)25-10-13-28(14-11-25)40-36(45)29-21-26-7-3-4-8-30(26)42-35(29)43-23-38(24-43)17-19-47-20-18-38/h3-11,13-14,16,21-22,27,31H,2,12,15,17-20,23-24H2,1H3,(H,40,45). The van der Waals surface area contributed by atoms with Crippen LogP contribution in [0.3, 0.4) is 0 Å². The minimum Gasteiger partial charge on any atom is -0.462 e. The lowest BCUT2D eigenvalue weighted by Gasteiger charge is -2.53. The zero-order valence-electron chi connectivity index (χ0n) is 27.4. The van der Waals surface area contributed by atoms with E-state index >= 15 is 0 Å². The number of carbonyl (C=O) groups excluding carboxylic acids is 3. The number of esters is 1. The normalized spacial score (nSPS) is 25.0. The molecule has 1 aromatic heterocycles. The van der Waals surface area contributed by atoms with E-state index in [4.69, 9.17) is 19.5 Å². The van der Waals surface area contributed by atoms with Gasteiger partial charge in [0, 0.05) is 54.3 Å². The van der Waals surface area contributed by atoms with Crippen molar-refractivity contribution >= 4 is 57.5 Å². The molecule has 0 radical (unpaired) electrons. The molecule has 9 nitrogen and oxygen atoms in total. The Balaban J connectivity index is 0.989. The van der Waals surface area contributed by atoms with E-state index < -0.39 is 10.8 Å². The molecule has 1 N–H and O–H groups in total. The van der Waals surface area contributed by atoms with E-state index in [1.165, 1.54) is 11.8 Å². The van der Waals surface area contributed by atoms with Crippen LogP contribution >= 0.6 is 11.8 Å². The van der Waals surface area contributed by atoms with Gasteiger partial charge in [0.1, 0.15) is 11.9 Å². The first-order valence-corrected chi connectivity index (χ1v) is 17.9. The van der Waals surface area contributed by atoms with Crippen LogP contribution in [0, 0.1) is 11.3 Å². The third-order valence-electron chi connectivity index (χ3n) is 10.4. The fraction of sp³-hybridized carbons (Fsp3) is 0.359. The molecule has 1 amide bonds. The summed E-state index contributed by atoms with van der Waals surface area (Å²) in [7, 11) is 0. The highest BCUT2D eigenvalue weighted by molar-refractivity contribution is 8.06. The molecule has 3 aromatic rings. The van der Waals surface area contributed by atoms with Gasteiger partial charge in [0.2, 0.25) is 0 Å². The van der Waals surface area contributed by atoms with Crippen molar-refractivity contribution in [1.29, 1.82) is 0 Å². The largest absolute Gasteiger partial charge is 0.462 e. The van der Waals surface area contributed by atoms with E-state index in [1.807, 2.05) is 54.6 Å². The number of aliphatic imine (C=N–C) groups is 1. The molecule has 250 valence electrons. The van der Waals surface area contributed by atoms with Crippen LogP contribution in [0.4, 0.5) is 11.5 Å². The molecule has 2 aromatic carbocycles. The summed E-state index contributed by atoms with van der Waals surface area (Å²) in [6.07, 6.45) is 13.3. The minimum absolute atomic E-state index is 0.0280. The molecular formula is C39H38N4O5S. The van der Waals surface area contributed by atoms with E-state index in [1.54, 1.807) is 31.2 Å². The lowest BCUT2D eigenvalue weighted by atomic mass is 9.73. The number of nitrogens with one attached hydrogen (secondary N) is 1. The van der Waals surface area contributed by atoms with Crippen LogP contribution < -0.4 is 10.2 Å². The predicted octanol–water partition coefficient (Wildman–Crippen LogP) is 6.56. The molecule has 4 aliphatic heterocycles. The highest BCUT2D eigenvalue weighted by Gasteiger charge is 2.50. The topological polar surface area (TPSA) is 110 Å². The van der Waals surface area contributed by atoms with Crippen molar-refractivity contribution in [2.45, 2.75) is 43.4 Å². The molecule has 3 atom stereocenters. The summed E-state index contributed by atoms with van der Waals surface area (Å²) in [5.74, 6) is 0.111. The smallest absolute Gasteiger partial charge is 0.344 e. The number of thioether (sulfide) groups is 1. The van der Waals surface area contributed by atoms with E-state index in [2.05, 4.69) is 16.3 Å². The van der Waals surface area contributed by atoms with Crippen LogP contribution in [-0.4, -0.2) is 72.1 Å². The van der Waals surface area contributed by atoms with Crippen LogP contribution in [0.15, 0.2) is 94.9 Å². The number of anilines is 2. The van der Waals surface area contributed by atoms with Crippen LogP contribution in [-0.2, 0) is 14.3 Å². The highest BCUT2D eigenvalue weighted by atomic mass is 32.2. The van der Waals surface area contributed by atoms with E-state index in [0.29, 0.717) is 47.0 Å².